The Morgan fingerprint density at radius 3 is 2.46 bits per heavy atom. The van der Waals surface area contributed by atoms with Gasteiger partial charge in [-0.2, -0.15) is 0 Å². The predicted molar refractivity (Wildman–Crippen MR) is 100 cm³/mol. The molecule has 0 atom stereocenters. The Balaban J connectivity index is 1.75. The molecule has 3 rings (SSSR count). The highest BCUT2D eigenvalue weighted by Crippen LogP contribution is 2.19. The quantitative estimate of drug-likeness (QED) is 0.653. The van der Waals surface area contributed by atoms with E-state index in [1.54, 1.807) is 18.7 Å². The second-order valence-electron chi connectivity index (χ2n) is 5.88. The van der Waals surface area contributed by atoms with E-state index < -0.39 is 11.2 Å². The number of nitrogens with one attached hydrogen (secondary N) is 1. The van der Waals surface area contributed by atoms with Crippen LogP contribution in [-0.2, 0) is 32.5 Å². The molecule has 0 radical (unpaired) electrons. The summed E-state index contributed by atoms with van der Waals surface area (Å²) in [5, 5.41) is 3.35. The lowest BCUT2D eigenvalue weighted by molar-refractivity contribution is -0.118. The normalized spacial score (nSPS) is 11.0. The molecule has 8 nitrogen and oxygen atoms in total. The molecule has 1 aromatic carbocycles. The molecule has 136 valence electrons. The molecule has 9 heteroatoms. The molecule has 0 fully saturated rings. The molecular weight excluding hydrogens is 354 g/mol. The van der Waals surface area contributed by atoms with Crippen LogP contribution in [0.5, 0.6) is 0 Å². The van der Waals surface area contributed by atoms with E-state index in [0.717, 1.165) is 10.1 Å². The van der Waals surface area contributed by atoms with Gasteiger partial charge in [-0.05, 0) is 5.56 Å². The lowest BCUT2D eigenvalue weighted by Gasteiger charge is -2.05. The summed E-state index contributed by atoms with van der Waals surface area (Å²) in [6.07, 6.45) is 0. The van der Waals surface area contributed by atoms with Crippen molar-refractivity contribution in [1.29, 1.82) is 0 Å². The van der Waals surface area contributed by atoms with Crippen LogP contribution in [0.15, 0.2) is 45.1 Å². The Labute approximate surface area is 153 Å². The highest BCUT2D eigenvalue weighted by atomic mass is 32.2. The van der Waals surface area contributed by atoms with E-state index in [0.29, 0.717) is 22.9 Å². The van der Waals surface area contributed by atoms with Crippen LogP contribution in [0, 0.1) is 0 Å². The summed E-state index contributed by atoms with van der Waals surface area (Å²) < 4.78 is 3.99. The van der Waals surface area contributed by atoms with Crippen molar-refractivity contribution in [2.75, 3.05) is 5.75 Å². The van der Waals surface area contributed by atoms with Crippen LogP contribution in [0.4, 0.5) is 0 Å². The fraction of sp³-hybridized carbons (Fsp3) is 0.294. The second-order valence-corrected chi connectivity index (χ2v) is 6.82. The monoisotopic (exact) mass is 373 g/mol. The van der Waals surface area contributed by atoms with Crippen LogP contribution in [0.25, 0.3) is 11.2 Å². The lowest BCUT2D eigenvalue weighted by atomic mass is 10.2. The maximum Gasteiger partial charge on any atom is 0.332 e. The molecule has 26 heavy (non-hydrogen) atoms. The number of hydrogen-bond acceptors (Lipinski definition) is 5. The van der Waals surface area contributed by atoms with E-state index in [4.69, 9.17) is 0 Å². The summed E-state index contributed by atoms with van der Waals surface area (Å²) >= 11 is 1.22. The van der Waals surface area contributed by atoms with Gasteiger partial charge >= 0.3 is 5.69 Å². The lowest BCUT2D eigenvalue weighted by Crippen LogP contribution is -2.37. The first-order valence-corrected chi connectivity index (χ1v) is 8.94. The van der Waals surface area contributed by atoms with Crippen molar-refractivity contribution in [2.45, 2.75) is 11.7 Å². The Morgan fingerprint density at radius 1 is 1.08 bits per heavy atom. The SMILES string of the molecule is Cn1c(=O)c2c(nc(SCC(=O)NCc3ccccc3)n2C)n(C)c1=O. The van der Waals surface area contributed by atoms with Crippen LogP contribution in [0.2, 0.25) is 0 Å². The molecule has 0 aliphatic heterocycles. The molecule has 1 amide bonds. The summed E-state index contributed by atoms with van der Waals surface area (Å²) in [4.78, 5) is 40.8. The van der Waals surface area contributed by atoms with E-state index in [9.17, 15) is 14.4 Å². The molecule has 0 spiro atoms. The van der Waals surface area contributed by atoms with Crippen molar-refractivity contribution in [3.05, 3.63) is 56.7 Å². The minimum atomic E-state index is -0.433. The Hall–Kier alpha value is -2.81. The molecule has 0 bridgehead atoms. The molecular formula is C17H19N5O3S. The van der Waals surface area contributed by atoms with Gasteiger partial charge in [0.2, 0.25) is 5.91 Å². The molecule has 0 aliphatic rings. The van der Waals surface area contributed by atoms with Crippen molar-refractivity contribution in [2.24, 2.45) is 21.1 Å². The number of aryl methyl sites for hydroxylation is 2. The first-order valence-electron chi connectivity index (χ1n) is 7.96. The molecule has 0 saturated heterocycles. The van der Waals surface area contributed by atoms with E-state index in [2.05, 4.69) is 10.3 Å². The highest BCUT2D eigenvalue weighted by molar-refractivity contribution is 7.99. The van der Waals surface area contributed by atoms with Gasteiger partial charge in [0, 0.05) is 27.7 Å². The zero-order valence-electron chi connectivity index (χ0n) is 14.7. The number of carbonyl (C=O) groups excluding carboxylic acids is 1. The van der Waals surface area contributed by atoms with Gasteiger partial charge in [-0.25, -0.2) is 9.78 Å². The van der Waals surface area contributed by atoms with Crippen LogP contribution in [-0.4, -0.2) is 30.3 Å². The largest absolute Gasteiger partial charge is 0.351 e. The number of amides is 1. The van der Waals surface area contributed by atoms with Gasteiger partial charge in [0.1, 0.15) is 0 Å². The number of carbonyl (C=O) groups is 1. The molecule has 1 N–H and O–H groups in total. The summed E-state index contributed by atoms with van der Waals surface area (Å²) in [7, 11) is 4.70. The van der Waals surface area contributed by atoms with Gasteiger partial charge in [-0.3, -0.25) is 18.7 Å². The van der Waals surface area contributed by atoms with Crippen LogP contribution in [0.1, 0.15) is 5.56 Å². The van der Waals surface area contributed by atoms with Gasteiger partial charge in [-0.1, -0.05) is 42.1 Å². The van der Waals surface area contributed by atoms with Crippen molar-refractivity contribution >= 4 is 28.8 Å². The van der Waals surface area contributed by atoms with Gasteiger partial charge < -0.3 is 9.88 Å². The van der Waals surface area contributed by atoms with Crippen LogP contribution >= 0.6 is 11.8 Å². The summed E-state index contributed by atoms with van der Waals surface area (Å²) in [6.45, 7) is 0.456. The number of benzene rings is 1. The highest BCUT2D eigenvalue weighted by Gasteiger charge is 2.17. The minimum absolute atomic E-state index is 0.132. The summed E-state index contributed by atoms with van der Waals surface area (Å²) in [6, 6.07) is 9.63. The molecule has 0 aliphatic carbocycles. The fourth-order valence-electron chi connectivity index (χ4n) is 2.61. The van der Waals surface area contributed by atoms with E-state index >= 15 is 0 Å². The second kappa shape index (κ2) is 7.20. The van der Waals surface area contributed by atoms with E-state index in [1.165, 1.54) is 23.4 Å². The fourth-order valence-corrected chi connectivity index (χ4v) is 3.40. The zero-order valence-corrected chi connectivity index (χ0v) is 15.5. The zero-order chi connectivity index (χ0) is 18.8. The third kappa shape index (κ3) is 3.30. The first kappa shape index (κ1) is 18.0. The third-order valence-corrected chi connectivity index (χ3v) is 5.13. The molecule has 2 heterocycles. The van der Waals surface area contributed by atoms with Gasteiger partial charge in [0.15, 0.2) is 16.3 Å². The average molecular weight is 373 g/mol. The van der Waals surface area contributed by atoms with Gasteiger partial charge in [0.25, 0.3) is 5.56 Å². The topological polar surface area (TPSA) is 90.9 Å². The average Bonchev–Trinajstić information content (AvgIpc) is 2.98. The van der Waals surface area contributed by atoms with Crippen molar-refractivity contribution in [3.8, 4) is 0 Å². The van der Waals surface area contributed by atoms with Crippen LogP contribution < -0.4 is 16.6 Å². The smallest absolute Gasteiger partial charge is 0.332 e. The van der Waals surface area contributed by atoms with Gasteiger partial charge in [0.05, 0.1) is 5.75 Å². The van der Waals surface area contributed by atoms with Crippen molar-refractivity contribution < 1.29 is 4.79 Å². The number of aromatic nitrogens is 4. The number of fused-ring (bicyclic) bond motifs is 1. The summed E-state index contributed by atoms with van der Waals surface area (Å²) in [5.41, 5.74) is 0.831. The molecule has 3 aromatic rings. The van der Waals surface area contributed by atoms with E-state index in [1.807, 2.05) is 30.3 Å². The third-order valence-electron chi connectivity index (χ3n) is 4.10. The maximum absolute atomic E-state index is 12.3. The van der Waals surface area contributed by atoms with Crippen LogP contribution in [0.3, 0.4) is 0 Å². The maximum atomic E-state index is 12.3. The number of imidazole rings is 1. The molecule has 2 aromatic heterocycles. The Bertz CT molecular complexity index is 1080. The number of thioether (sulfide) groups is 1. The Kier molecular flexibility index (Phi) is 4.99. The standard InChI is InChI=1S/C17H19N5O3S/c1-20-13-14(21(2)17(25)22(3)15(13)24)19-16(20)26-10-12(23)18-9-11-7-5-4-6-8-11/h4-8H,9-10H2,1-3H3,(H,18,23). The molecule has 0 saturated carbocycles. The molecule has 0 unspecified atom stereocenters. The van der Waals surface area contributed by atoms with E-state index in [-0.39, 0.29) is 11.7 Å². The minimum Gasteiger partial charge on any atom is -0.351 e. The van der Waals surface area contributed by atoms with Crippen molar-refractivity contribution in [1.82, 2.24) is 24.0 Å². The number of nitrogens with zero attached hydrogens (tertiary/aromatic N) is 4. The predicted octanol–water partition coefficient (Wildman–Crippen LogP) is 0.379. The number of rotatable bonds is 5. The first-order chi connectivity index (χ1) is 12.4. The van der Waals surface area contributed by atoms with Crippen molar-refractivity contribution in [3.63, 3.8) is 0 Å². The summed E-state index contributed by atoms with van der Waals surface area (Å²) in [5.74, 6) is 0.0332. The number of hydrogen-bond donors (Lipinski definition) is 1. The Morgan fingerprint density at radius 2 is 1.77 bits per heavy atom. The van der Waals surface area contributed by atoms with Gasteiger partial charge in [-0.15, -0.1) is 0 Å².